The van der Waals surface area contributed by atoms with Gasteiger partial charge in [0.25, 0.3) is 0 Å². The van der Waals surface area contributed by atoms with Gasteiger partial charge in [-0.1, -0.05) is 51.7 Å². The van der Waals surface area contributed by atoms with Gasteiger partial charge in [-0.2, -0.15) is 0 Å². The molecule has 1 heteroatoms. The van der Waals surface area contributed by atoms with Crippen molar-refractivity contribution in [2.45, 2.75) is 65.2 Å². The van der Waals surface area contributed by atoms with Crippen LogP contribution < -0.4 is 0 Å². The second kappa shape index (κ2) is 11.5. The molecule has 15 heavy (non-hydrogen) atoms. The third-order valence-electron chi connectivity index (χ3n) is 2.37. The van der Waals surface area contributed by atoms with E-state index in [2.05, 4.69) is 26.0 Å². The van der Waals surface area contributed by atoms with Crippen LogP contribution in [0.5, 0.6) is 0 Å². The summed E-state index contributed by atoms with van der Waals surface area (Å²) in [6.45, 7) is 4.32. The van der Waals surface area contributed by atoms with Crippen LogP contribution in [0.3, 0.4) is 0 Å². The van der Waals surface area contributed by atoms with Crippen molar-refractivity contribution in [2.75, 3.05) is 0 Å². The fourth-order valence-corrected chi connectivity index (χ4v) is 1.40. The van der Waals surface area contributed by atoms with Crippen LogP contribution in [0.4, 0.5) is 4.39 Å². The summed E-state index contributed by atoms with van der Waals surface area (Å²) < 4.78 is 13.2. The molecule has 0 heterocycles. The standard InChI is InChI=1S/C14H25F/c1-3-5-7-9-11-13-14(15)12-10-8-6-4-2/h7,9,13H,3-6,8,10-12H2,1-2H3/b9-7-,14-13-. The van der Waals surface area contributed by atoms with Crippen LogP contribution in [0.1, 0.15) is 65.2 Å². The maximum Gasteiger partial charge on any atom is 0.0962 e. The number of unbranched alkanes of at least 4 members (excludes halogenated alkanes) is 4. The summed E-state index contributed by atoms with van der Waals surface area (Å²) in [5, 5.41) is 0. The topological polar surface area (TPSA) is 0 Å². The second-order valence-electron chi connectivity index (χ2n) is 3.96. The highest BCUT2D eigenvalue weighted by Gasteiger charge is 1.93. The summed E-state index contributed by atoms with van der Waals surface area (Å²) >= 11 is 0. The quantitative estimate of drug-likeness (QED) is 0.347. The van der Waals surface area contributed by atoms with Crippen molar-refractivity contribution in [3.05, 3.63) is 24.1 Å². The van der Waals surface area contributed by atoms with Crippen molar-refractivity contribution >= 4 is 0 Å². The van der Waals surface area contributed by atoms with E-state index in [4.69, 9.17) is 0 Å². The van der Waals surface area contributed by atoms with Gasteiger partial charge in [-0.25, -0.2) is 4.39 Å². The number of allylic oxidation sites excluding steroid dienone is 4. The summed E-state index contributed by atoms with van der Waals surface area (Å²) in [5.41, 5.74) is 0. The van der Waals surface area contributed by atoms with E-state index in [-0.39, 0.29) is 5.83 Å². The highest BCUT2D eigenvalue weighted by Crippen LogP contribution is 2.11. The second-order valence-corrected chi connectivity index (χ2v) is 3.96. The third-order valence-corrected chi connectivity index (χ3v) is 2.37. The van der Waals surface area contributed by atoms with Gasteiger partial charge in [0.15, 0.2) is 0 Å². The molecule has 0 fully saturated rings. The zero-order chi connectivity index (χ0) is 11.4. The molecule has 0 aromatic carbocycles. The zero-order valence-corrected chi connectivity index (χ0v) is 10.3. The molecule has 0 radical (unpaired) electrons. The van der Waals surface area contributed by atoms with Gasteiger partial charge in [-0.05, 0) is 31.8 Å². The molecule has 0 rings (SSSR count). The van der Waals surface area contributed by atoms with Gasteiger partial charge < -0.3 is 0 Å². The summed E-state index contributed by atoms with van der Waals surface area (Å²) in [4.78, 5) is 0. The Kier molecular flexibility index (Phi) is 11.0. The molecule has 0 atom stereocenters. The third kappa shape index (κ3) is 11.3. The Morgan fingerprint density at radius 2 is 1.80 bits per heavy atom. The highest BCUT2D eigenvalue weighted by molar-refractivity contribution is 4.97. The minimum Gasteiger partial charge on any atom is -0.212 e. The first-order chi connectivity index (χ1) is 7.31. The molecule has 88 valence electrons. The summed E-state index contributed by atoms with van der Waals surface area (Å²) in [7, 11) is 0. The number of hydrogen-bond donors (Lipinski definition) is 0. The predicted octanol–water partition coefficient (Wildman–Crippen LogP) is 5.56. The predicted molar refractivity (Wildman–Crippen MR) is 66.6 cm³/mol. The summed E-state index contributed by atoms with van der Waals surface area (Å²) in [5.74, 6) is 0.0623. The SMILES string of the molecule is CCC/C=C\C/C=C(\F)CCCCCC. The molecule has 0 unspecified atom stereocenters. The molecule has 0 saturated heterocycles. The van der Waals surface area contributed by atoms with Gasteiger partial charge in [0.1, 0.15) is 0 Å². The Labute approximate surface area is 94.3 Å². The van der Waals surface area contributed by atoms with E-state index in [0.29, 0.717) is 6.42 Å². The van der Waals surface area contributed by atoms with Crippen molar-refractivity contribution in [3.8, 4) is 0 Å². The van der Waals surface area contributed by atoms with E-state index < -0.39 is 0 Å². The zero-order valence-electron chi connectivity index (χ0n) is 10.3. The molecular formula is C14H25F. The van der Waals surface area contributed by atoms with Crippen LogP contribution in [-0.4, -0.2) is 0 Å². The average molecular weight is 212 g/mol. The smallest absolute Gasteiger partial charge is 0.0962 e. The van der Waals surface area contributed by atoms with E-state index in [9.17, 15) is 4.39 Å². The summed E-state index contributed by atoms with van der Waals surface area (Å²) in [6, 6.07) is 0. The Balaban J connectivity index is 3.43. The molecule has 0 aliphatic carbocycles. The van der Waals surface area contributed by atoms with Crippen molar-refractivity contribution in [1.82, 2.24) is 0 Å². The van der Waals surface area contributed by atoms with Crippen molar-refractivity contribution < 1.29 is 4.39 Å². The van der Waals surface area contributed by atoms with E-state index >= 15 is 0 Å². The largest absolute Gasteiger partial charge is 0.212 e. The Hall–Kier alpha value is -0.590. The maximum absolute atomic E-state index is 13.2. The molecule has 0 spiro atoms. The van der Waals surface area contributed by atoms with Gasteiger partial charge in [0, 0.05) is 0 Å². The van der Waals surface area contributed by atoms with Gasteiger partial charge in [-0.15, -0.1) is 0 Å². The fourth-order valence-electron chi connectivity index (χ4n) is 1.40. The van der Waals surface area contributed by atoms with Crippen LogP contribution in [0.15, 0.2) is 24.1 Å². The Bertz CT molecular complexity index is 180. The van der Waals surface area contributed by atoms with Crippen LogP contribution in [0, 0.1) is 0 Å². The maximum atomic E-state index is 13.2. The normalized spacial score (nSPS) is 12.6. The van der Waals surface area contributed by atoms with Crippen LogP contribution in [0.2, 0.25) is 0 Å². The number of halogens is 1. The van der Waals surface area contributed by atoms with E-state index in [1.807, 2.05) is 0 Å². The van der Waals surface area contributed by atoms with Gasteiger partial charge >= 0.3 is 0 Å². The van der Waals surface area contributed by atoms with Crippen molar-refractivity contribution in [3.63, 3.8) is 0 Å². The van der Waals surface area contributed by atoms with Crippen LogP contribution in [-0.2, 0) is 0 Å². The molecule has 0 aromatic rings. The van der Waals surface area contributed by atoms with E-state index in [1.54, 1.807) is 6.08 Å². The minimum atomic E-state index is 0.0623. The molecule has 0 aliphatic heterocycles. The molecule has 0 aliphatic rings. The Morgan fingerprint density at radius 3 is 2.47 bits per heavy atom. The Morgan fingerprint density at radius 1 is 1.00 bits per heavy atom. The molecule has 0 bridgehead atoms. The molecule has 0 amide bonds. The first kappa shape index (κ1) is 14.4. The molecular weight excluding hydrogens is 187 g/mol. The van der Waals surface area contributed by atoms with Gasteiger partial charge in [0.2, 0.25) is 0 Å². The lowest BCUT2D eigenvalue weighted by atomic mass is 10.1. The van der Waals surface area contributed by atoms with Gasteiger partial charge in [-0.3, -0.25) is 0 Å². The lowest BCUT2D eigenvalue weighted by Crippen LogP contribution is -1.78. The molecule has 0 N–H and O–H groups in total. The van der Waals surface area contributed by atoms with Crippen LogP contribution >= 0.6 is 0 Å². The minimum absolute atomic E-state index is 0.0623. The average Bonchev–Trinajstić information content (AvgIpc) is 2.24. The monoisotopic (exact) mass is 212 g/mol. The first-order valence-corrected chi connectivity index (χ1v) is 6.30. The first-order valence-electron chi connectivity index (χ1n) is 6.30. The fraction of sp³-hybridized carbons (Fsp3) is 0.714. The number of hydrogen-bond acceptors (Lipinski definition) is 0. The van der Waals surface area contributed by atoms with E-state index in [0.717, 1.165) is 25.7 Å². The van der Waals surface area contributed by atoms with Crippen molar-refractivity contribution in [1.29, 1.82) is 0 Å². The molecule has 0 aromatic heterocycles. The van der Waals surface area contributed by atoms with Gasteiger partial charge in [0.05, 0.1) is 5.83 Å². The highest BCUT2D eigenvalue weighted by atomic mass is 19.1. The van der Waals surface area contributed by atoms with Crippen LogP contribution in [0.25, 0.3) is 0 Å². The van der Waals surface area contributed by atoms with E-state index in [1.165, 1.54) is 19.3 Å². The molecule has 0 saturated carbocycles. The number of rotatable bonds is 9. The molecule has 0 nitrogen and oxygen atoms in total. The van der Waals surface area contributed by atoms with Crippen molar-refractivity contribution in [2.24, 2.45) is 0 Å². The summed E-state index contributed by atoms with van der Waals surface area (Å²) in [6.07, 6.45) is 14.1. The lowest BCUT2D eigenvalue weighted by molar-refractivity contribution is 0.550. The lowest BCUT2D eigenvalue weighted by Gasteiger charge is -1.97.